The molecule has 48 heavy (non-hydrogen) atoms. The number of halogens is 4. The van der Waals surface area contributed by atoms with Crippen molar-refractivity contribution in [1.29, 1.82) is 0 Å². The van der Waals surface area contributed by atoms with Gasteiger partial charge in [-0.15, -0.1) is 8.78 Å². The minimum atomic E-state index is -3.86. The van der Waals surface area contributed by atoms with Gasteiger partial charge in [0.15, 0.2) is 5.82 Å². The van der Waals surface area contributed by atoms with Crippen molar-refractivity contribution >= 4 is 34.8 Å². The molecular weight excluding hydrogens is 647 g/mol. The van der Waals surface area contributed by atoms with Crippen molar-refractivity contribution in [3.8, 4) is 34.1 Å². The highest BCUT2D eigenvalue weighted by Gasteiger charge is 2.49. The maximum absolute atomic E-state index is 13.7. The second kappa shape index (κ2) is 11.2. The normalized spacial score (nSPS) is 15.9. The summed E-state index contributed by atoms with van der Waals surface area (Å²) in [6.07, 6.45) is 10.5. The predicted molar refractivity (Wildman–Crippen MR) is 170 cm³/mol. The van der Waals surface area contributed by atoms with Crippen LogP contribution in [0.4, 0.5) is 24.5 Å². The number of ether oxygens (including phenoxy) is 1. The molecule has 4 heterocycles. The monoisotopic (exact) mass is 671 g/mol. The van der Waals surface area contributed by atoms with E-state index in [1.165, 1.54) is 28.9 Å². The molecule has 0 bridgehead atoms. The fraction of sp³-hybridized carbons (Fsp3) is 0.235. The molecule has 1 saturated carbocycles. The molecule has 8 rings (SSSR count). The van der Waals surface area contributed by atoms with Gasteiger partial charge >= 0.3 is 5.57 Å². The molecule has 2 N–H and O–H groups in total. The Bertz CT molecular complexity index is 2110. The third kappa shape index (κ3) is 5.23. The van der Waals surface area contributed by atoms with Crippen molar-refractivity contribution in [3.05, 3.63) is 95.5 Å². The van der Waals surface area contributed by atoms with Crippen LogP contribution in [0.2, 0.25) is 0 Å². The number of nitrogens with one attached hydrogen (secondary N) is 2. The van der Waals surface area contributed by atoms with Gasteiger partial charge in [0, 0.05) is 64.0 Å². The summed E-state index contributed by atoms with van der Waals surface area (Å²) in [5.74, 6) is -1.04. The summed E-state index contributed by atoms with van der Waals surface area (Å²) in [5.41, 5.74) is 2.08. The van der Waals surface area contributed by atoms with Crippen molar-refractivity contribution in [2.45, 2.75) is 49.5 Å². The maximum Gasteiger partial charge on any atom is 0.487 e. The summed E-state index contributed by atoms with van der Waals surface area (Å²) in [6.45, 7) is 0. The Morgan fingerprint density at radius 1 is 1.00 bits per heavy atom. The maximum atomic E-state index is 13.7. The van der Waals surface area contributed by atoms with E-state index in [9.17, 15) is 22.8 Å². The average Bonchev–Trinajstić information content (AvgIpc) is 3.71. The van der Waals surface area contributed by atoms with Crippen LogP contribution in [0.25, 0.3) is 28.3 Å². The van der Waals surface area contributed by atoms with Crippen LogP contribution in [-0.4, -0.2) is 42.1 Å². The molecule has 1 aliphatic heterocycles. The zero-order valence-electron chi connectivity index (χ0n) is 25.1. The number of pyridine rings is 1. The van der Waals surface area contributed by atoms with Gasteiger partial charge in [-0.05, 0) is 66.4 Å². The van der Waals surface area contributed by atoms with E-state index in [2.05, 4.69) is 25.3 Å². The van der Waals surface area contributed by atoms with Crippen molar-refractivity contribution in [2.24, 2.45) is 0 Å². The van der Waals surface area contributed by atoms with Gasteiger partial charge in [0.1, 0.15) is 5.75 Å². The Labute approximate surface area is 276 Å². The Morgan fingerprint density at radius 3 is 2.48 bits per heavy atom. The second-order valence-electron chi connectivity index (χ2n) is 12.1. The first-order valence-corrected chi connectivity index (χ1v) is 15.7. The number of benzene rings is 2. The lowest BCUT2D eigenvalue weighted by atomic mass is 9.68. The van der Waals surface area contributed by atoms with Crippen molar-refractivity contribution in [2.75, 3.05) is 10.6 Å². The number of hydrogen-bond donors (Lipinski definition) is 2. The summed E-state index contributed by atoms with van der Waals surface area (Å²) in [7, 11) is 0. The van der Waals surface area contributed by atoms with Gasteiger partial charge in [-0.25, -0.2) is 19.0 Å². The van der Waals surface area contributed by atoms with E-state index in [1.54, 1.807) is 24.5 Å². The number of fused-ring (bicyclic) bond motifs is 5. The molecule has 0 atom stereocenters. The zero-order valence-corrected chi connectivity index (χ0v) is 25.8. The molecule has 2 amide bonds. The van der Waals surface area contributed by atoms with E-state index in [1.807, 2.05) is 6.07 Å². The number of hydrogen-bond acceptors (Lipinski definition) is 7. The predicted octanol–water partition coefficient (Wildman–Crippen LogP) is 7.01. The smallest absolute Gasteiger partial charge is 0.420 e. The standard InChI is InChI=1S/C34H25ClF3N7O3/c35-34(37,38)48-23-6-4-22(5-7-23)42-30(46)18-10-24(28-27(12-18)43-31(47)33(28)8-2-1-3-9-33)19-11-25-26(39-14-19)13-20-17-45(44-29(20)25)32-40-15-21(36)16-41-32/h4-7,10-12,14-17H,1-3,8-9,13H2,(H,42,46)(H,43,47). The third-order valence-electron chi connectivity index (χ3n) is 9.11. The zero-order chi connectivity index (χ0) is 33.2. The topological polar surface area (TPSA) is 124 Å². The number of carbonyl (C=O) groups excluding carboxylic acids is 2. The molecular formula is C34H25ClF3N7O3. The fourth-order valence-corrected chi connectivity index (χ4v) is 7.09. The first-order valence-electron chi connectivity index (χ1n) is 15.3. The molecule has 5 aromatic rings. The van der Waals surface area contributed by atoms with Crippen LogP contribution >= 0.6 is 11.6 Å². The molecule has 2 aliphatic carbocycles. The number of anilines is 2. The number of rotatable bonds is 6. The molecule has 14 heteroatoms. The minimum absolute atomic E-state index is 0.0860. The Morgan fingerprint density at radius 2 is 1.75 bits per heavy atom. The van der Waals surface area contributed by atoms with E-state index in [0.29, 0.717) is 47.5 Å². The molecule has 1 spiro atoms. The SMILES string of the molecule is O=C(Nc1ccc(OC(F)(F)Cl)cc1)c1cc2c(c(-c3cnc4c(c3)-c3nn(-c5ncc(F)cn5)cc3C4)c1)C1(CCCCC1)C(=O)N2. The molecule has 10 nitrogen and oxygen atoms in total. The lowest BCUT2D eigenvalue weighted by Crippen LogP contribution is -2.36. The highest BCUT2D eigenvalue weighted by molar-refractivity contribution is 6.20. The van der Waals surface area contributed by atoms with Gasteiger partial charge in [-0.3, -0.25) is 14.6 Å². The van der Waals surface area contributed by atoms with Crippen LogP contribution in [0.3, 0.4) is 0 Å². The second-order valence-corrected chi connectivity index (χ2v) is 12.6. The van der Waals surface area contributed by atoms with Crippen LogP contribution in [0.1, 0.15) is 59.3 Å². The van der Waals surface area contributed by atoms with Gasteiger partial charge < -0.3 is 15.4 Å². The number of alkyl halides is 3. The molecule has 0 radical (unpaired) electrons. The molecule has 3 aliphatic rings. The average molecular weight is 672 g/mol. The first kappa shape index (κ1) is 30.1. The van der Waals surface area contributed by atoms with Crippen LogP contribution in [-0.2, 0) is 16.6 Å². The summed E-state index contributed by atoms with van der Waals surface area (Å²) in [6, 6.07) is 10.8. The van der Waals surface area contributed by atoms with Gasteiger partial charge in [-0.2, -0.15) is 5.10 Å². The van der Waals surface area contributed by atoms with Gasteiger partial charge in [0.05, 0.1) is 29.2 Å². The molecule has 1 fully saturated rings. The minimum Gasteiger partial charge on any atom is -0.420 e. The van der Waals surface area contributed by atoms with Gasteiger partial charge in [-0.1, -0.05) is 19.3 Å². The molecule has 0 unspecified atom stereocenters. The number of amides is 2. The largest absolute Gasteiger partial charge is 0.487 e. The lowest BCUT2D eigenvalue weighted by Gasteiger charge is -2.33. The number of carbonyl (C=O) groups is 2. The van der Waals surface area contributed by atoms with Crippen LogP contribution in [0.5, 0.6) is 5.75 Å². The summed E-state index contributed by atoms with van der Waals surface area (Å²) >= 11 is 4.85. The van der Waals surface area contributed by atoms with Crippen molar-refractivity contribution < 1.29 is 27.5 Å². The number of aromatic nitrogens is 5. The van der Waals surface area contributed by atoms with E-state index >= 15 is 0 Å². The molecule has 242 valence electrons. The van der Waals surface area contributed by atoms with Crippen molar-refractivity contribution in [1.82, 2.24) is 24.7 Å². The first-order chi connectivity index (χ1) is 23.1. The van der Waals surface area contributed by atoms with E-state index in [4.69, 9.17) is 21.7 Å². The third-order valence-corrected chi connectivity index (χ3v) is 9.19. The van der Waals surface area contributed by atoms with Crippen LogP contribution in [0, 0.1) is 5.82 Å². The fourth-order valence-electron chi connectivity index (χ4n) is 7.00. The number of nitrogens with zero attached hydrogens (tertiary/aromatic N) is 5. The van der Waals surface area contributed by atoms with Crippen LogP contribution in [0.15, 0.2) is 67.3 Å². The van der Waals surface area contributed by atoms with E-state index in [-0.39, 0.29) is 23.2 Å². The van der Waals surface area contributed by atoms with Crippen molar-refractivity contribution in [3.63, 3.8) is 0 Å². The molecule has 0 saturated heterocycles. The van der Waals surface area contributed by atoms with Crippen LogP contribution < -0.4 is 15.4 Å². The molecule has 3 aromatic heterocycles. The highest BCUT2D eigenvalue weighted by Crippen LogP contribution is 2.52. The molecule has 2 aromatic carbocycles. The quantitative estimate of drug-likeness (QED) is 0.183. The van der Waals surface area contributed by atoms with E-state index in [0.717, 1.165) is 54.0 Å². The Balaban J connectivity index is 1.19. The van der Waals surface area contributed by atoms with Gasteiger partial charge in [0.2, 0.25) is 5.91 Å². The summed E-state index contributed by atoms with van der Waals surface area (Å²) in [5, 5.41) is 10.5. The highest BCUT2D eigenvalue weighted by atomic mass is 35.5. The summed E-state index contributed by atoms with van der Waals surface area (Å²) in [4.78, 5) is 40.1. The van der Waals surface area contributed by atoms with Gasteiger partial charge in [0.25, 0.3) is 11.9 Å². The Hall–Kier alpha value is -5.30. The Kier molecular flexibility index (Phi) is 6.98. The van der Waals surface area contributed by atoms with E-state index < -0.39 is 22.7 Å². The summed E-state index contributed by atoms with van der Waals surface area (Å²) < 4.78 is 45.4. The lowest BCUT2D eigenvalue weighted by molar-refractivity contribution is -0.121.